The Morgan fingerprint density at radius 3 is 2.07 bits per heavy atom. The van der Waals surface area contributed by atoms with E-state index >= 15 is 0 Å². The summed E-state index contributed by atoms with van der Waals surface area (Å²) in [5, 5.41) is 7.30. The highest BCUT2D eigenvalue weighted by atomic mass is 16.7. The van der Waals surface area contributed by atoms with Crippen LogP contribution in [0.15, 0.2) is 147 Å². The Hall–Kier alpha value is -7.66. The number of nitrogens with zero attached hydrogens (tertiary/aromatic N) is 5. The van der Waals surface area contributed by atoms with E-state index in [1.807, 2.05) is 122 Å². The highest BCUT2D eigenvalue weighted by Crippen LogP contribution is 2.39. The monoisotopic (exact) mass is 804 g/mol. The van der Waals surface area contributed by atoms with Crippen LogP contribution in [0.4, 0.5) is 0 Å². The molecule has 4 N–H and O–H groups in total. The largest absolute Gasteiger partial charge is 0.454 e. The summed E-state index contributed by atoms with van der Waals surface area (Å²) in [6.45, 7) is 4.01. The average Bonchev–Trinajstić information content (AvgIpc) is 4.11. The molecular formula is C50H44N8O3. The smallest absolute Gasteiger partial charge is 0.231 e. The minimum atomic E-state index is 0.233. The Kier molecular flexibility index (Phi) is 11.3. The third-order valence-corrected chi connectivity index (χ3v) is 11.1. The van der Waals surface area contributed by atoms with Crippen LogP contribution >= 0.6 is 0 Å². The molecule has 10 rings (SSSR count). The molecule has 0 radical (unpaired) electrons. The number of aromatic amines is 2. The van der Waals surface area contributed by atoms with Gasteiger partial charge in [-0.05, 0) is 71.6 Å². The van der Waals surface area contributed by atoms with Gasteiger partial charge in [-0.3, -0.25) is 24.8 Å². The first-order valence-corrected chi connectivity index (χ1v) is 20.5. The molecule has 0 spiro atoms. The van der Waals surface area contributed by atoms with Crippen LogP contribution in [-0.2, 0) is 0 Å². The molecule has 1 saturated carbocycles. The fourth-order valence-corrected chi connectivity index (χ4v) is 7.87. The topological polar surface area (TPSA) is 158 Å². The van der Waals surface area contributed by atoms with Crippen molar-refractivity contribution in [2.75, 3.05) is 6.79 Å². The normalized spacial score (nSPS) is 13.3. The number of fused-ring (bicyclic) bond motifs is 1. The van der Waals surface area contributed by atoms with E-state index in [0.717, 1.165) is 84.7 Å². The van der Waals surface area contributed by atoms with Crippen molar-refractivity contribution in [1.29, 1.82) is 0 Å². The molecule has 6 heterocycles. The third-order valence-electron chi connectivity index (χ3n) is 11.1. The van der Waals surface area contributed by atoms with Crippen molar-refractivity contribution in [2.24, 2.45) is 11.7 Å². The molecule has 0 amide bonds. The lowest BCUT2D eigenvalue weighted by atomic mass is 9.84. The molecule has 61 heavy (non-hydrogen) atoms. The standard InChI is InChI=1S/C27H26N4O.C23H18N4O2/c32-26(16-19-6-2-1-3-7-19)21-11-9-20(10-12-21)25-17-22(13-15-29-25)23-18-30-31-27(23)24-8-4-5-14-28-24;1-14(24)15-5-7-16(8-6-15)23-26-21(22(27-23)18-4-2-3-11-25-18)17-9-10-19-20(12-17)29-13-28-19/h4-5,8-15,17-19H,1-3,6-7,16H2,(H,30,31);2-12H,1,13,24H2,(H,26,27). The third kappa shape index (κ3) is 8.72. The number of imidazole rings is 1. The summed E-state index contributed by atoms with van der Waals surface area (Å²) < 4.78 is 11.0. The number of nitrogens with one attached hydrogen (secondary N) is 2. The van der Waals surface area contributed by atoms with Gasteiger partial charge in [0.25, 0.3) is 0 Å². The zero-order valence-electron chi connectivity index (χ0n) is 33.6. The van der Waals surface area contributed by atoms with Crippen molar-refractivity contribution in [3.8, 4) is 79.3 Å². The molecule has 0 atom stereocenters. The molecule has 0 bridgehead atoms. The fraction of sp³-hybridized carbons (Fsp3) is 0.160. The lowest BCUT2D eigenvalue weighted by Gasteiger charge is -2.20. The number of carbonyl (C=O) groups is 1. The van der Waals surface area contributed by atoms with E-state index in [1.54, 1.807) is 12.4 Å². The minimum Gasteiger partial charge on any atom is -0.454 e. The second kappa shape index (κ2) is 17.7. The van der Waals surface area contributed by atoms with Crippen LogP contribution in [-0.4, -0.2) is 47.7 Å². The van der Waals surface area contributed by atoms with Gasteiger partial charge in [0.1, 0.15) is 5.82 Å². The molecule has 8 aromatic rings. The van der Waals surface area contributed by atoms with Crippen molar-refractivity contribution >= 4 is 11.5 Å². The van der Waals surface area contributed by atoms with Crippen LogP contribution < -0.4 is 15.2 Å². The number of nitrogens with two attached hydrogens (primary N) is 1. The van der Waals surface area contributed by atoms with Gasteiger partial charge in [-0.15, -0.1) is 0 Å². The zero-order valence-corrected chi connectivity index (χ0v) is 33.6. The number of hydrogen-bond acceptors (Lipinski definition) is 9. The second-order valence-electron chi connectivity index (χ2n) is 15.2. The molecule has 0 unspecified atom stereocenters. The van der Waals surface area contributed by atoms with E-state index in [0.29, 0.717) is 23.8 Å². The molecule has 11 heteroatoms. The number of pyridine rings is 3. The number of ether oxygens (including phenoxy) is 2. The first-order chi connectivity index (χ1) is 30.0. The van der Waals surface area contributed by atoms with Crippen LogP contribution in [0.3, 0.4) is 0 Å². The number of ketones is 1. The number of Topliss-reactive ketones (excluding diaryl/α,β-unsaturated/α-hetero) is 1. The molecule has 1 aliphatic heterocycles. The van der Waals surface area contributed by atoms with E-state index in [1.165, 1.54) is 32.1 Å². The van der Waals surface area contributed by atoms with Gasteiger partial charge < -0.3 is 20.2 Å². The summed E-state index contributed by atoms with van der Waals surface area (Å²) in [6.07, 6.45) is 14.0. The molecular weight excluding hydrogens is 761 g/mol. The van der Waals surface area contributed by atoms with Gasteiger partial charge in [0, 0.05) is 58.5 Å². The van der Waals surface area contributed by atoms with Gasteiger partial charge in [0.15, 0.2) is 17.3 Å². The Balaban J connectivity index is 0.000000157. The highest BCUT2D eigenvalue weighted by Gasteiger charge is 2.21. The van der Waals surface area contributed by atoms with Crippen molar-refractivity contribution in [3.63, 3.8) is 0 Å². The maximum absolute atomic E-state index is 12.7. The van der Waals surface area contributed by atoms with Gasteiger partial charge >= 0.3 is 0 Å². The van der Waals surface area contributed by atoms with Gasteiger partial charge in [0.2, 0.25) is 6.79 Å². The summed E-state index contributed by atoms with van der Waals surface area (Å²) >= 11 is 0. The minimum absolute atomic E-state index is 0.233. The lowest BCUT2D eigenvalue weighted by molar-refractivity contribution is 0.0950. The molecule has 2 aliphatic rings. The molecule has 3 aromatic carbocycles. The van der Waals surface area contributed by atoms with Crippen LogP contribution in [0, 0.1) is 5.92 Å². The summed E-state index contributed by atoms with van der Waals surface area (Å²) in [4.78, 5) is 34.5. The summed E-state index contributed by atoms with van der Waals surface area (Å²) in [5.41, 5.74) is 17.9. The van der Waals surface area contributed by atoms with Gasteiger partial charge in [-0.2, -0.15) is 5.10 Å². The number of benzene rings is 3. The van der Waals surface area contributed by atoms with Gasteiger partial charge in [-0.1, -0.05) is 99.3 Å². The van der Waals surface area contributed by atoms with E-state index in [2.05, 4.69) is 42.8 Å². The Bertz CT molecular complexity index is 2780. The Labute approximate surface area is 353 Å². The summed E-state index contributed by atoms with van der Waals surface area (Å²) in [6, 6.07) is 37.1. The molecule has 11 nitrogen and oxygen atoms in total. The average molecular weight is 805 g/mol. The van der Waals surface area contributed by atoms with Crippen LogP contribution in [0.2, 0.25) is 0 Å². The zero-order chi connectivity index (χ0) is 41.5. The maximum atomic E-state index is 12.7. The van der Waals surface area contributed by atoms with Crippen LogP contribution in [0.1, 0.15) is 54.4 Å². The van der Waals surface area contributed by atoms with E-state index in [4.69, 9.17) is 20.2 Å². The van der Waals surface area contributed by atoms with Crippen LogP contribution in [0.25, 0.3) is 73.5 Å². The van der Waals surface area contributed by atoms with Crippen molar-refractivity contribution < 1.29 is 14.3 Å². The number of H-pyrrole nitrogens is 2. The van der Waals surface area contributed by atoms with Gasteiger partial charge in [-0.25, -0.2) is 4.98 Å². The first-order valence-electron chi connectivity index (χ1n) is 20.5. The fourth-order valence-electron chi connectivity index (χ4n) is 7.87. The molecule has 1 fully saturated rings. The number of carbonyl (C=O) groups excluding carboxylic acids is 1. The molecule has 5 aromatic heterocycles. The molecule has 1 aliphatic carbocycles. The van der Waals surface area contributed by atoms with Crippen molar-refractivity contribution in [1.82, 2.24) is 35.1 Å². The summed E-state index contributed by atoms with van der Waals surface area (Å²) in [5.74, 6) is 3.00. The molecule has 0 saturated heterocycles. The van der Waals surface area contributed by atoms with Crippen molar-refractivity contribution in [2.45, 2.75) is 38.5 Å². The first kappa shape index (κ1) is 38.8. The van der Waals surface area contributed by atoms with Crippen molar-refractivity contribution in [3.05, 3.63) is 158 Å². The van der Waals surface area contributed by atoms with E-state index < -0.39 is 0 Å². The maximum Gasteiger partial charge on any atom is 0.231 e. The predicted octanol–water partition coefficient (Wildman–Crippen LogP) is 10.8. The SMILES string of the molecule is C=C(N)c1ccc(-c2nc(-c3ccc4c(c3)OCO4)c(-c3ccccn3)[nH]2)cc1.O=C(CC1CCCCC1)c1ccc(-c2cc(-c3cn[nH]c3-c3ccccn3)ccn2)cc1. The second-order valence-corrected chi connectivity index (χ2v) is 15.2. The Morgan fingerprint density at radius 1 is 0.672 bits per heavy atom. The van der Waals surface area contributed by atoms with E-state index in [9.17, 15) is 4.79 Å². The lowest BCUT2D eigenvalue weighted by Crippen LogP contribution is -2.12. The summed E-state index contributed by atoms with van der Waals surface area (Å²) in [7, 11) is 0. The Morgan fingerprint density at radius 2 is 1.34 bits per heavy atom. The number of rotatable bonds is 10. The quantitative estimate of drug-likeness (QED) is 0.114. The van der Waals surface area contributed by atoms with Crippen LogP contribution in [0.5, 0.6) is 11.5 Å². The number of hydrogen-bond donors (Lipinski definition) is 3. The molecule has 302 valence electrons. The van der Waals surface area contributed by atoms with Gasteiger partial charge in [0.05, 0.1) is 40.4 Å². The predicted molar refractivity (Wildman–Crippen MR) is 238 cm³/mol. The van der Waals surface area contributed by atoms with E-state index in [-0.39, 0.29) is 12.6 Å². The highest BCUT2D eigenvalue weighted by molar-refractivity contribution is 5.96. The number of aromatic nitrogens is 7.